The molecule has 158 valence electrons. The van der Waals surface area contributed by atoms with Crippen molar-refractivity contribution in [2.24, 2.45) is 0 Å². The fourth-order valence-corrected chi connectivity index (χ4v) is 2.73. The van der Waals surface area contributed by atoms with Crippen LogP contribution in [-0.2, 0) is 11.3 Å². The molecule has 0 spiro atoms. The van der Waals surface area contributed by atoms with Gasteiger partial charge in [-0.3, -0.25) is 25.1 Å². The molecule has 1 heterocycles. The minimum Gasteiger partial charge on any atom is -0.490 e. The molecule has 0 unspecified atom stereocenters. The molecule has 0 radical (unpaired) electrons. The first kappa shape index (κ1) is 22.1. The minimum atomic E-state index is -0.503. The molecule has 0 saturated carbocycles. The van der Waals surface area contributed by atoms with E-state index in [4.69, 9.17) is 14.2 Å². The van der Waals surface area contributed by atoms with Gasteiger partial charge in [0.15, 0.2) is 11.5 Å². The number of hydrogen-bond acceptors (Lipinski definition) is 6. The van der Waals surface area contributed by atoms with Crippen LogP contribution in [0.2, 0.25) is 0 Å². The van der Waals surface area contributed by atoms with Gasteiger partial charge in [0.2, 0.25) is 5.75 Å². The van der Waals surface area contributed by atoms with E-state index >= 15 is 0 Å². The summed E-state index contributed by atoms with van der Waals surface area (Å²) < 4.78 is 18.4. The first-order valence-electron chi connectivity index (χ1n) is 9.56. The minimum absolute atomic E-state index is 0.00236. The maximum Gasteiger partial charge on any atom is 0.269 e. The predicted molar refractivity (Wildman–Crippen MR) is 107 cm³/mol. The lowest BCUT2D eigenvalue weighted by Crippen LogP contribution is -2.43. The number of amides is 2. The normalized spacial score (nSPS) is 10.4. The molecule has 29 heavy (non-hydrogen) atoms. The monoisotopic (exact) mass is 404 g/mol. The first-order valence-corrected chi connectivity index (χ1v) is 9.56. The lowest BCUT2D eigenvalue weighted by molar-refractivity contribution is -0.122. The third-order valence-electron chi connectivity index (χ3n) is 3.88. The Morgan fingerprint density at radius 3 is 2.00 bits per heavy atom. The van der Waals surface area contributed by atoms with Gasteiger partial charge in [0, 0.05) is 11.3 Å². The number of nitrogens with one attached hydrogen (secondary N) is 2. The first-order chi connectivity index (χ1) is 13.9. The summed E-state index contributed by atoms with van der Waals surface area (Å²) in [6.45, 7) is 10.4. The standard InChI is InChI=1S/C20H28N4O5/c1-6-27-16-10-15(11-17(28-7-2)19(16)29-8-3)20(26)22-21-18(25)12-24-14(5)9-13(4)23-24/h9-11H,6-8,12H2,1-5H3,(H,21,25)(H,22,26). The van der Waals surface area contributed by atoms with Crippen LogP contribution < -0.4 is 25.1 Å². The van der Waals surface area contributed by atoms with Crippen LogP contribution in [0.1, 0.15) is 42.5 Å². The van der Waals surface area contributed by atoms with Crippen LogP contribution in [0, 0.1) is 13.8 Å². The molecular formula is C20H28N4O5. The maximum atomic E-state index is 12.6. The van der Waals surface area contributed by atoms with Gasteiger partial charge in [-0.05, 0) is 52.8 Å². The van der Waals surface area contributed by atoms with Crippen molar-refractivity contribution in [1.29, 1.82) is 0 Å². The molecule has 0 aliphatic rings. The molecule has 9 nitrogen and oxygen atoms in total. The van der Waals surface area contributed by atoms with E-state index in [1.807, 2.05) is 40.7 Å². The zero-order chi connectivity index (χ0) is 21.4. The van der Waals surface area contributed by atoms with E-state index in [1.165, 1.54) is 0 Å². The summed E-state index contributed by atoms with van der Waals surface area (Å²) in [5, 5.41) is 4.22. The molecule has 2 amide bonds. The van der Waals surface area contributed by atoms with Crippen molar-refractivity contribution in [1.82, 2.24) is 20.6 Å². The molecule has 0 aliphatic heterocycles. The SMILES string of the molecule is CCOc1cc(C(=O)NNC(=O)Cn2nc(C)cc2C)cc(OCC)c1OCC. The predicted octanol–water partition coefficient (Wildman–Crippen LogP) is 2.16. The second-order valence-electron chi connectivity index (χ2n) is 6.19. The summed E-state index contributed by atoms with van der Waals surface area (Å²) in [7, 11) is 0. The fraction of sp³-hybridized carbons (Fsp3) is 0.450. The Morgan fingerprint density at radius 1 is 0.931 bits per heavy atom. The smallest absolute Gasteiger partial charge is 0.269 e. The lowest BCUT2D eigenvalue weighted by atomic mass is 10.1. The van der Waals surface area contributed by atoms with E-state index < -0.39 is 11.8 Å². The fourth-order valence-electron chi connectivity index (χ4n) is 2.73. The average molecular weight is 404 g/mol. The number of hydrazine groups is 1. The summed E-state index contributed by atoms with van der Waals surface area (Å²) in [5.74, 6) is 0.349. The molecule has 0 bridgehead atoms. The number of aromatic nitrogens is 2. The van der Waals surface area contributed by atoms with Gasteiger partial charge in [-0.15, -0.1) is 0 Å². The van der Waals surface area contributed by atoms with E-state index in [2.05, 4.69) is 16.0 Å². The quantitative estimate of drug-likeness (QED) is 0.621. The number of benzene rings is 1. The Labute approximate surface area is 170 Å². The number of ether oxygens (including phenoxy) is 3. The van der Waals surface area contributed by atoms with Gasteiger partial charge in [-0.25, -0.2) is 0 Å². The van der Waals surface area contributed by atoms with Crippen molar-refractivity contribution >= 4 is 11.8 Å². The summed E-state index contributed by atoms with van der Waals surface area (Å²) in [6.07, 6.45) is 0. The molecular weight excluding hydrogens is 376 g/mol. The van der Waals surface area contributed by atoms with Crippen molar-refractivity contribution in [3.8, 4) is 17.2 Å². The Balaban J connectivity index is 2.12. The summed E-state index contributed by atoms with van der Waals surface area (Å²) in [4.78, 5) is 24.7. The van der Waals surface area contributed by atoms with Crippen molar-refractivity contribution in [3.05, 3.63) is 35.2 Å². The highest BCUT2D eigenvalue weighted by molar-refractivity contribution is 5.96. The average Bonchev–Trinajstić information content (AvgIpc) is 2.99. The summed E-state index contributed by atoms with van der Waals surface area (Å²) in [6, 6.07) is 4.98. The third-order valence-corrected chi connectivity index (χ3v) is 3.88. The number of carbonyl (C=O) groups is 2. The number of carbonyl (C=O) groups excluding carboxylic acids is 2. The van der Waals surface area contributed by atoms with Gasteiger partial charge in [0.1, 0.15) is 6.54 Å². The van der Waals surface area contributed by atoms with Crippen LogP contribution in [-0.4, -0.2) is 41.4 Å². The molecule has 0 aliphatic carbocycles. The number of aryl methyl sites for hydroxylation is 2. The third kappa shape index (κ3) is 5.87. The number of hydrogen-bond donors (Lipinski definition) is 2. The number of nitrogens with zero attached hydrogens (tertiary/aromatic N) is 2. The summed E-state index contributed by atoms with van der Waals surface area (Å²) >= 11 is 0. The van der Waals surface area contributed by atoms with Gasteiger partial charge in [-0.1, -0.05) is 0 Å². The zero-order valence-corrected chi connectivity index (χ0v) is 17.5. The van der Waals surface area contributed by atoms with Crippen molar-refractivity contribution < 1.29 is 23.8 Å². The Morgan fingerprint density at radius 2 is 1.52 bits per heavy atom. The molecule has 0 fully saturated rings. The highest BCUT2D eigenvalue weighted by Gasteiger charge is 2.19. The largest absolute Gasteiger partial charge is 0.490 e. The van der Waals surface area contributed by atoms with E-state index in [0.29, 0.717) is 37.1 Å². The van der Waals surface area contributed by atoms with Crippen LogP contribution in [0.3, 0.4) is 0 Å². The lowest BCUT2D eigenvalue weighted by Gasteiger charge is -2.17. The topological polar surface area (TPSA) is 104 Å². The second kappa shape index (κ2) is 10.4. The molecule has 0 saturated heterocycles. The molecule has 1 aromatic heterocycles. The Hall–Kier alpha value is -3.23. The van der Waals surface area contributed by atoms with Crippen LogP contribution >= 0.6 is 0 Å². The highest BCUT2D eigenvalue weighted by Crippen LogP contribution is 2.39. The molecule has 1 aromatic carbocycles. The molecule has 2 N–H and O–H groups in total. The molecule has 9 heteroatoms. The Bertz CT molecular complexity index is 836. The molecule has 0 atom stereocenters. The van der Waals surface area contributed by atoms with Gasteiger partial charge < -0.3 is 14.2 Å². The van der Waals surface area contributed by atoms with Crippen LogP contribution in [0.5, 0.6) is 17.2 Å². The van der Waals surface area contributed by atoms with Crippen LogP contribution in [0.25, 0.3) is 0 Å². The van der Waals surface area contributed by atoms with Crippen molar-refractivity contribution in [2.45, 2.75) is 41.2 Å². The highest BCUT2D eigenvalue weighted by atomic mass is 16.5. The number of rotatable bonds is 9. The van der Waals surface area contributed by atoms with E-state index in [0.717, 1.165) is 11.4 Å². The van der Waals surface area contributed by atoms with Gasteiger partial charge in [0.25, 0.3) is 11.8 Å². The Kier molecular flexibility index (Phi) is 7.88. The van der Waals surface area contributed by atoms with E-state index in [9.17, 15) is 9.59 Å². The summed E-state index contributed by atoms with van der Waals surface area (Å²) in [5.41, 5.74) is 6.75. The van der Waals surface area contributed by atoms with E-state index in [1.54, 1.807) is 16.8 Å². The zero-order valence-electron chi connectivity index (χ0n) is 17.5. The van der Waals surface area contributed by atoms with Crippen molar-refractivity contribution in [2.75, 3.05) is 19.8 Å². The maximum absolute atomic E-state index is 12.6. The van der Waals surface area contributed by atoms with Gasteiger partial charge in [-0.2, -0.15) is 5.10 Å². The second-order valence-corrected chi connectivity index (χ2v) is 6.19. The van der Waals surface area contributed by atoms with Gasteiger partial charge in [0.05, 0.1) is 25.5 Å². The van der Waals surface area contributed by atoms with Crippen molar-refractivity contribution in [3.63, 3.8) is 0 Å². The van der Waals surface area contributed by atoms with Crippen LogP contribution in [0.15, 0.2) is 18.2 Å². The van der Waals surface area contributed by atoms with Gasteiger partial charge >= 0.3 is 0 Å². The molecule has 2 aromatic rings. The van der Waals surface area contributed by atoms with E-state index in [-0.39, 0.29) is 12.1 Å². The van der Waals surface area contributed by atoms with Crippen LogP contribution in [0.4, 0.5) is 0 Å². The molecule has 2 rings (SSSR count).